The van der Waals surface area contributed by atoms with E-state index in [0.717, 1.165) is 64.1 Å². The van der Waals surface area contributed by atoms with Gasteiger partial charge in [-0.3, -0.25) is 9.78 Å². The van der Waals surface area contributed by atoms with E-state index in [4.69, 9.17) is 4.98 Å². The van der Waals surface area contributed by atoms with E-state index in [1.165, 1.54) is 0 Å². The zero-order chi connectivity index (χ0) is 20.9. The Bertz CT molecular complexity index is 1380. The average Bonchev–Trinajstić information content (AvgIpc) is 3.40. The number of aryl methyl sites for hydroxylation is 1. The van der Waals surface area contributed by atoms with Gasteiger partial charge in [-0.2, -0.15) is 0 Å². The van der Waals surface area contributed by atoms with E-state index in [9.17, 15) is 4.79 Å². The first-order valence-electron chi connectivity index (χ1n) is 10.5. The number of amides is 1. The van der Waals surface area contributed by atoms with Gasteiger partial charge in [-0.05, 0) is 42.7 Å². The third-order valence-corrected chi connectivity index (χ3v) is 5.97. The lowest BCUT2D eigenvalue weighted by Crippen LogP contribution is -2.25. The van der Waals surface area contributed by atoms with Crippen LogP contribution in [0.15, 0.2) is 61.1 Å². The average molecular weight is 407 g/mol. The van der Waals surface area contributed by atoms with Crippen molar-refractivity contribution in [2.45, 2.75) is 25.3 Å². The van der Waals surface area contributed by atoms with Crippen molar-refractivity contribution >= 4 is 22.5 Å². The molecule has 1 fully saturated rings. The third-order valence-electron chi connectivity index (χ3n) is 5.97. The normalized spacial score (nSPS) is 15.1. The minimum atomic E-state index is -0.0245. The van der Waals surface area contributed by atoms with Crippen molar-refractivity contribution in [2.24, 2.45) is 7.05 Å². The largest absolute Gasteiger partial charge is 0.349 e. The zero-order valence-electron chi connectivity index (χ0n) is 17.2. The monoisotopic (exact) mass is 407 g/mol. The lowest BCUT2D eigenvalue weighted by molar-refractivity contribution is 0.0951. The van der Waals surface area contributed by atoms with Crippen LogP contribution in [-0.4, -0.2) is 31.5 Å². The van der Waals surface area contributed by atoms with E-state index in [-0.39, 0.29) is 5.91 Å². The lowest BCUT2D eigenvalue weighted by atomic mass is 10.0. The van der Waals surface area contributed by atoms with Crippen LogP contribution in [-0.2, 0) is 13.5 Å². The molecule has 1 saturated carbocycles. The van der Waals surface area contributed by atoms with Crippen molar-refractivity contribution in [3.63, 3.8) is 0 Å². The highest BCUT2D eigenvalue weighted by Gasteiger charge is 2.24. The molecule has 0 spiro atoms. The van der Waals surface area contributed by atoms with Crippen LogP contribution in [0, 0.1) is 0 Å². The molecule has 4 aromatic rings. The van der Waals surface area contributed by atoms with E-state index in [0.29, 0.717) is 11.6 Å². The van der Waals surface area contributed by atoms with Crippen LogP contribution in [0.2, 0.25) is 0 Å². The van der Waals surface area contributed by atoms with Crippen LogP contribution < -0.4 is 5.32 Å². The Hall–Kier alpha value is -3.80. The smallest absolute Gasteiger partial charge is 0.251 e. The molecule has 0 aliphatic heterocycles. The molecule has 2 aromatic carbocycles. The Morgan fingerprint density at radius 2 is 2.00 bits per heavy atom. The lowest BCUT2D eigenvalue weighted by Gasteiger charge is -2.09. The van der Waals surface area contributed by atoms with Gasteiger partial charge in [-0.1, -0.05) is 24.3 Å². The molecule has 31 heavy (non-hydrogen) atoms. The van der Waals surface area contributed by atoms with E-state index in [1.807, 2.05) is 48.3 Å². The van der Waals surface area contributed by atoms with Gasteiger partial charge in [0.15, 0.2) is 0 Å². The molecule has 0 bridgehead atoms. The molecule has 6 rings (SSSR count). The van der Waals surface area contributed by atoms with Crippen LogP contribution in [0.4, 0.5) is 0 Å². The molecular weight excluding hydrogens is 386 g/mol. The van der Waals surface area contributed by atoms with E-state index in [2.05, 4.69) is 33.5 Å². The molecule has 2 heterocycles. The number of nitrogens with one attached hydrogen (secondary N) is 1. The topological polar surface area (TPSA) is 72.7 Å². The van der Waals surface area contributed by atoms with E-state index >= 15 is 0 Å². The van der Waals surface area contributed by atoms with Crippen LogP contribution in [0.5, 0.6) is 0 Å². The number of allylic oxidation sites excluding steroid dienone is 1. The minimum Gasteiger partial charge on any atom is -0.349 e. The van der Waals surface area contributed by atoms with Gasteiger partial charge < -0.3 is 9.88 Å². The zero-order valence-corrected chi connectivity index (χ0v) is 17.2. The van der Waals surface area contributed by atoms with Crippen LogP contribution in [0.3, 0.4) is 0 Å². The predicted molar refractivity (Wildman–Crippen MR) is 119 cm³/mol. The molecule has 2 aromatic heterocycles. The number of fused-ring (bicyclic) bond motifs is 2. The maximum Gasteiger partial charge on any atom is 0.251 e. The molecule has 0 atom stereocenters. The third kappa shape index (κ3) is 3.20. The Morgan fingerprint density at radius 3 is 2.87 bits per heavy atom. The number of hydrogen-bond acceptors (Lipinski definition) is 4. The van der Waals surface area contributed by atoms with Crippen molar-refractivity contribution in [3.05, 3.63) is 83.6 Å². The van der Waals surface area contributed by atoms with Gasteiger partial charge in [0, 0.05) is 36.2 Å². The van der Waals surface area contributed by atoms with Crippen molar-refractivity contribution in [2.75, 3.05) is 0 Å². The Morgan fingerprint density at radius 1 is 1.10 bits per heavy atom. The number of aromatic nitrogens is 4. The summed E-state index contributed by atoms with van der Waals surface area (Å²) < 4.78 is 2.02. The number of carbonyl (C=O) groups excluding carboxylic acids is 1. The molecule has 6 heteroatoms. The maximum absolute atomic E-state index is 12.5. The first kappa shape index (κ1) is 18.0. The number of hydrogen-bond donors (Lipinski definition) is 1. The molecule has 0 unspecified atom stereocenters. The van der Waals surface area contributed by atoms with E-state index in [1.54, 1.807) is 6.20 Å². The summed E-state index contributed by atoms with van der Waals surface area (Å²) in [6.45, 7) is 0. The summed E-state index contributed by atoms with van der Waals surface area (Å²) in [6.07, 6.45) is 8.73. The summed E-state index contributed by atoms with van der Waals surface area (Å²) in [7, 11) is 2.00. The second-order valence-electron chi connectivity index (χ2n) is 8.26. The van der Waals surface area contributed by atoms with Gasteiger partial charge in [0.05, 0.1) is 40.6 Å². The fourth-order valence-electron chi connectivity index (χ4n) is 4.08. The summed E-state index contributed by atoms with van der Waals surface area (Å²) >= 11 is 0. The van der Waals surface area contributed by atoms with Crippen molar-refractivity contribution < 1.29 is 4.79 Å². The number of carbonyl (C=O) groups is 1. The molecule has 6 nitrogen and oxygen atoms in total. The molecule has 0 saturated heterocycles. The first-order valence-corrected chi connectivity index (χ1v) is 10.5. The summed E-state index contributed by atoms with van der Waals surface area (Å²) in [4.78, 5) is 26.5. The molecular formula is C25H21N5O. The molecule has 1 N–H and O–H groups in total. The molecule has 2 aliphatic rings. The second kappa shape index (κ2) is 6.87. The summed E-state index contributed by atoms with van der Waals surface area (Å²) in [5, 5.41) is 3.04. The molecule has 2 aliphatic carbocycles. The Kier molecular flexibility index (Phi) is 3.99. The van der Waals surface area contributed by atoms with Crippen LogP contribution in [0.1, 0.15) is 40.2 Å². The standard InChI is InChI=1S/C25H21N5O/c1-30-14-27-20-9-5-15(12-23(20)30)19-8-10-21-24(19)29-22(13-26-21)16-3-2-4-17(11-16)25(31)28-18-6-7-18/h2-5,8-9,11-14,18H,6-7,10H2,1H3,(H,28,31). The molecule has 152 valence electrons. The molecule has 1 amide bonds. The Balaban J connectivity index is 1.36. The fraction of sp³-hybridized carbons (Fsp3) is 0.200. The highest BCUT2D eigenvalue weighted by molar-refractivity contribution is 5.95. The SMILES string of the molecule is Cn1cnc2ccc(C3=CCc4ncc(-c5cccc(C(=O)NC6CC6)c5)nc43)cc21. The summed E-state index contributed by atoms with van der Waals surface area (Å²) in [6, 6.07) is 14.2. The van der Waals surface area contributed by atoms with E-state index < -0.39 is 0 Å². The first-order chi connectivity index (χ1) is 15.2. The minimum absolute atomic E-state index is 0.0245. The highest BCUT2D eigenvalue weighted by atomic mass is 16.1. The fourth-order valence-corrected chi connectivity index (χ4v) is 4.08. The molecule has 0 radical (unpaired) electrons. The van der Waals surface area contributed by atoms with Gasteiger partial charge >= 0.3 is 0 Å². The number of imidazole rings is 1. The summed E-state index contributed by atoms with van der Waals surface area (Å²) in [5.74, 6) is -0.0245. The predicted octanol–water partition coefficient (Wildman–Crippen LogP) is 3.91. The van der Waals surface area contributed by atoms with Crippen molar-refractivity contribution in [1.82, 2.24) is 24.8 Å². The van der Waals surface area contributed by atoms with Crippen molar-refractivity contribution in [3.8, 4) is 11.3 Å². The number of nitrogens with zero attached hydrogens (tertiary/aromatic N) is 4. The maximum atomic E-state index is 12.5. The van der Waals surface area contributed by atoms with Gasteiger partial charge in [-0.15, -0.1) is 0 Å². The summed E-state index contributed by atoms with van der Waals surface area (Å²) in [5.41, 5.74) is 8.48. The second-order valence-corrected chi connectivity index (χ2v) is 8.26. The van der Waals surface area contributed by atoms with Gasteiger partial charge in [0.2, 0.25) is 0 Å². The van der Waals surface area contributed by atoms with Gasteiger partial charge in [0.1, 0.15) is 0 Å². The van der Waals surface area contributed by atoms with Gasteiger partial charge in [-0.25, -0.2) is 9.97 Å². The van der Waals surface area contributed by atoms with Crippen LogP contribution >= 0.6 is 0 Å². The Labute approximate surface area is 179 Å². The number of benzene rings is 2. The van der Waals surface area contributed by atoms with Gasteiger partial charge in [0.25, 0.3) is 5.91 Å². The van der Waals surface area contributed by atoms with Crippen LogP contribution in [0.25, 0.3) is 27.9 Å². The quantitative estimate of drug-likeness (QED) is 0.557. The number of rotatable bonds is 4. The highest BCUT2D eigenvalue weighted by Crippen LogP contribution is 2.33. The van der Waals surface area contributed by atoms with Crippen molar-refractivity contribution in [1.29, 1.82) is 0 Å².